The Labute approximate surface area is 189 Å². The van der Waals surface area contributed by atoms with Crippen LogP contribution < -0.4 is 0 Å². The fraction of sp³-hybridized carbons (Fsp3) is 0.462. The largest absolute Gasteiger partial charge is 0.330 e. The lowest BCUT2D eigenvalue weighted by atomic mass is 9.93. The fourth-order valence-corrected chi connectivity index (χ4v) is 5.93. The van der Waals surface area contributed by atoms with Crippen molar-refractivity contribution < 1.29 is 9.59 Å². The van der Waals surface area contributed by atoms with Gasteiger partial charge in [0, 0.05) is 24.4 Å². The molecule has 2 heterocycles. The highest BCUT2D eigenvalue weighted by atomic mass is 32.1. The lowest BCUT2D eigenvalue weighted by molar-refractivity contribution is -0.141. The van der Waals surface area contributed by atoms with Crippen molar-refractivity contribution >= 4 is 23.2 Å². The van der Waals surface area contributed by atoms with E-state index in [4.69, 9.17) is 0 Å². The number of benzene rings is 1. The van der Waals surface area contributed by atoms with Crippen LogP contribution in [-0.2, 0) is 16.0 Å². The van der Waals surface area contributed by atoms with Crippen molar-refractivity contribution in [2.75, 3.05) is 19.6 Å². The van der Waals surface area contributed by atoms with Gasteiger partial charge in [-0.1, -0.05) is 62.1 Å². The highest BCUT2D eigenvalue weighted by molar-refractivity contribution is 7.10. The molecule has 1 saturated carbocycles. The maximum Gasteiger partial charge on any atom is 0.243 e. The van der Waals surface area contributed by atoms with Gasteiger partial charge in [-0.05, 0) is 41.3 Å². The smallest absolute Gasteiger partial charge is 0.243 e. The van der Waals surface area contributed by atoms with Crippen LogP contribution >= 0.6 is 11.3 Å². The van der Waals surface area contributed by atoms with Crippen LogP contribution in [0.25, 0.3) is 0 Å². The normalized spacial score (nSPS) is 18.6. The van der Waals surface area contributed by atoms with Crippen molar-refractivity contribution in [2.24, 2.45) is 5.92 Å². The molecule has 0 spiro atoms. The number of fused-ring (bicyclic) bond motifs is 1. The molecule has 0 radical (unpaired) electrons. The third-order valence-corrected chi connectivity index (χ3v) is 7.67. The van der Waals surface area contributed by atoms with Crippen LogP contribution in [-0.4, -0.2) is 41.2 Å². The van der Waals surface area contributed by atoms with Crippen molar-refractivity contribution in [1.29, 1.82) is 0 Å². The third-order valence-electron chi connectivity index (χ3n) is 6.67. The van der Waals surface area contributed by atoms with Crippen LogP contribution in [0.3, 0.4) is 0 Å². The summed E-state index contributed by atoms with van der Waals surface area (Å²) >= 11 is 1.77. The third kappa shape index (κ3) is 5.09. The number of amides is 2. The van der Waals surface area contributed by atoms with E-state index in [2.05, 4.69) is 30.2 Å². The van der Waals surface area contributed by atoms with Gasteiger partial charge in [-0.15, -0.1) is 17.9 Å². The Balaban J connectivity index is 1.48. The zero-order chi connectivity index (χ0) is 21.6. The van der Waals surface area contributed by atoms with Crippen molar-refractivity contribution in [2.45, 2.75) is 51.0 Å². The Hall–Kier alpha value is -2.40. The van der Waals surface area contributed by atoms with E-state index in [0.29, 0.717) is 25.4 Å². The second-order valence-corrected chi connectivity index (χ2v) is 9.70. The summed E-state index contributed by atoms with van der Waals surface area (Å²) in [7, 11) is 0. The molecule has 0 saturated heterocycles. The Morgan fingerprint density at radius 1 is 1.16 bits per heavy atom. The molecule has 1 aromatic heterocycles. The molecule has 1 fully saturated rings. The van der Waals surface area contributed by atoms with Crippen molar-refractivity contribution in [1.82, 2.24) is 9.80 Å². The van der Waals surface area contributed by atoms with Gasteiger partial charge >= 0.3 is 0 Å². The number of nitrogens with zero attached hydrogens (tertiary/aromatic N) is 2. The minimum Gasteiger partial charge on any atom is -0.330 e. The second kappa shape index (κ2) is 10.3. The highest BCUT2D eigenvalue weighted by Gasteiger charge is 2.33. The lowest BCUT2D eigenvalue weighted by Gasteiger charge is -2.37. The van der Waals surface area contributed by atoms with Crippen LogP contribution in [0.2, 0.25) is 0 Å². The predicted molar refractivity (Wildman–Crippen MR) is 126 cm³/mol. The van der Waals surface area contributed by atoms with Crippen molar-refractivity contribution in [3.63, 3.8) is 0 Å². The van der Waals surface area contributed by atoms with Gasteiger partial charge < -0.3 is 9.80 Å². The highest BCUT2D eigenvalue weighted by Crippen LogP contribution is 2.37. The molecule has 1 unspecified atom stereocenters. The molecule has 2 aromatic rings. The molecule has 4 nitrogen and oxygen atoms in total. The molecule has 1 atom stereocenters. The standard InChI is InChI=1S/C26H32N2O2S/c1-2-16-27(24(29)13-12-20-8-6-7-9-20)19-25(30)28-17-14-23-22(15-18-31-23)26(28)21-10-4-3-5-11-21/h2-5,10-11,15,18,20,26H,1,6-9,12-14,16-17,19H2. The molecule has 1 aliphatic heterocycles. The fourth-order valence-electron chi connectivity index (χ4n) is 5.03. The minimum absolute atomic E-state index is 0.0155. The van der Waals surface area contributed by atoms with E-state index >= 15 is 0 Å². The summed E-state index contributed by atoms with van der Waals surface area (Å²) in [5.74, 6) is 0.762. The van der Waals surface area contributed by atoms with E-state index < -0.39 is 0 Å². The molecule has 2 aliphatic rings. The molecule has 0 bridgehead atoms. The summed E-state index contributed by atoms with van der Waals surface area (Å²) in [6.45, 7) is 5.04. The number of thiophene rings is 1. The maximum absolute atomic E-state index is 13.5. The second-order valence-electron chi connectivity index (χ2n) is 8.70. The molecule has 1 aromatic carbocycles. The predicted octanol–water partition coefficient (Wildman–Crippen LogP) is 5.21. The van der Waals surface area contributed by atoms with E-state index in [0.717, 1.165) is 18.4 Å². The summed E-state index contributed by atoms with van der Waals surface area (Å²) in [6.07, 6.45) is 9.12. The molecule has 1 aliphatic carbocycles. The molecule has 2 amide bonds. The van der Waals surface area contributed by atoms with Gasteiger partial charge in [0.2, 0.25) is 11.8 Å². The topological polar surface area (TPSA) is 40.6 Å². The van der Waals surface area contributed by atoms with Crippen LogP contribution in [0.4, 0.5) is 0 Å². The zero-order valence-corrected chi connectivity index (χ0v) is 19.0. The van der Waals surface area contributed by atoms with E-state index in [9.17, 15) is 9.59 Å². The van der Waals surface area contributed by atoms with Crippen LogP contribution in [0.15, 0.2) is 54.4 Å². The Bertz CT molecular complexity index is 901. The van der Waals surface area contributed by atoms with Crippen LogP contribution in [0.5, 0.6) is 0 Å². The van der Waals surface area contributed by atoms with Crippen molar-refractivity contribution in [3.8, 4) is 0 Å². The van der Waals surface area contributed by atoms with E-state index in [-0.39, 0.29) is 24.4 Å². The van der Waals surface area contributed by atoms with Gasteiger partial charge in [-0.3, -0.25) is 9.59 Å². The van der Waals surface area contributed by atoms with Crippen LogP contribution in [0.1, 0.15) is 60.6 Å². The first-order valence-corrected chi connectivity index (χ1v) is 12.3. The van der Waals surface area contributed by atoms with Gasteiger partial charge in [-0.2, -0.15) is 0 Å². The van der Waals surface area contributed by atoms with Gasteiger partial charge in [-0.25, -0.2) is 0 Å². The SMILES string of the molecule is C=CCN(CC(=O)N1CCc2sccc2C1c1ccccc1)C(=O)CCC1CCCC1. The first kappa shape index (κ1) is 21.8. The van der Waals surface area contributed by atoms with E-state index in [1.54, 1.807) is 22.3 Å². The van der Waals surface area contributed by atoms with E-state index in [1.807, 2.05) is 23.1 Å². The first-order valence-electron chi connectivity index (χ1n) is 11.5. The van der Waals surface area contributed by atoms with Gasteiger partial charge in [0.05, 0.1) is 6.04 Å². The van der Waals surface area contributed by atoms with Crippen LogP contribution in [0, 0.1) is 5.92 Å². The Morgan fingerprint density at radius 3 is 2.68 bits per heavy atom. The monoisotopic (exact) mass is 436 g/mol. The summed E-state index contributed by atoms with van der Waals surface area (Å²) in [6, 6.07) is 12.3. The minimum atomic E-state index is -0.0807. The molecule has 4 rings (SSSR count). The molecule has 0 N–H and O–H groups in total. The number of carbonyl (C=O) groups is 2. The molecule has 31 heavy (non-hydrogen) atoms. The van der Waals surface area contributed by atoms with Crippen molar-refractivity contribution in [3.05, 3.63) is 70.4 Å². The number of hydrogen-bond donors (Lipinski definition) is 0. The summed E-state index contributed by atoms with van der Waals surface area (Å²) in [5, 5.41) is 2.12. The van der Waals surface area contributed by atoms with Gasteiger partial charge in [0.15, 0.2) is 0 Å². The average molecular weight is 437 g/mol. The number of carbonyl (C=O) groups excluding carboxylic acids is 2. The quantitative estimate of drug-likeness (QED) is 0.533. The van der Waals surface area contributed by atoms with Gasteiger partial charge in [0.1, 0.15) is 6.54 Å². The van der Waals surface area contributed by atoms with Gasteiger partial charge in [0.25, 0.3) is 0 Å². The first-order chi connectivity index (χ1) is 15.2. The Morgan fingerprint density at radius 2 is 1.94 bits per heavy atom. The Kier molecular flexibility index (Phi) is 7.23. The molecule has 164 valence electrons. The summed E-state index contributed by atoms with van der Waals surface area (Å²) in [5.41, 5.74) is 2.34. The number of hydrogen-bond acceptors (Lipinski definition) is 3. The molecule has 5 heteroatoms. The maximum atomic E-state index is 13.5. The molecular formula is C26H32N2O2S. The summed E-state index contributed by atoms with van der Waals surface area (Å²) < 4.78 is 0. The van der Waals surface area contributed by atoms with E-state index in [1.165, 1.54) is 36.1 Å². The average Bonchev–Trinajstić information content (AvgIpc) is 3.48. The zero-order valence-electron chi connectivity index (χ0n) is 18.2. The number of rotatable bonds is 8. The lowest BCUT2D eigenvalue weighted by Crippen LogP contribution is -2.46. The summed E-state index contributed by atoms with van der Waals surface area (Å²) in [4.78, 5) is 31.4. The molecular weight excluding hydrogens is 404 g/mol.